The highest BCUT2D eigenvalue weighted by Gasteiger charge is 2.12. The van der Waals surface area contributed by atoms with Gasteiger partial charge < -0.3 is 16.8 Å². The highest BCUT2D eigenvalue weighted by Crippen LogP contribution is 2.29. The number of hydrogen-bond donors (Lipinski definition) is 3. The van der Waals surface area contributed by atoms with Gasteiger partial charge in [-0.05, 0) is 111 Å². The maximum absolute atomic E-state index is 5.77. The number of nitrogens with two attached hydrogens (primary N) is 2. The molecule has 35 heavy (non-hydrogen) atoms. The molecular formula is C27H44Cl4N4. The van der Waals surface area contributed by atoms with Crippen molar-refractivity contribution in [3.63, 3.8) is 0 Å². The third kappa shape index (κ3) is 11.8. The molecule has 4 nitrogen and oxygen atoms in total. The summed E-state index contributed by atoms with van der Waals surface area (Å²) in [5, 5.41) is 8.98. The SMILES string of the molecule is Cl.Cl.Cl.Cl.NCCCCNCCCCN(CCCCN)Cc1c2ccccc2cc2ccccc12. The third-order valence-electron chi connectivity index (χ3n) is 6.08. The first-order valence-corrected chi connectivity index (χ1v) is 12.1. The highest BCUT2D eigenvalue weighted by molar-refractivity contribution is 6.02. The number of nitrogens with zero attached hydrogens (tertiary/aromatic N) is 1. The van der Waals surface area contributed by atoms with Gasteiger partial charge in [-0.1, -0.05) is 48.5 Å². The van der Waals surface area contributed by atoms with E-state index >= 15 is 0 Å². The molecule has 8 heteroatoms. The van der Waals surface area contributed by atoms with Crippen molar-refractivity contribution in [3.8, 4) is 0 Å². The summed E-state index contributed by atoms with van der Waals surface area (Å²) in [7, 11) is 0. The molecule has 0 heterocycles. The van der Waals surface area contributed by atoms with Gasteiger partial charge in [0.15, 0.2) is 0 Å². The lowest BCUT2D eigenvalue weighted by Crippen LogP contribution is -2.27. The van der Waals surface area contributed by atoms with E-state index in [4.69, 9.17) is 11.5 Å². The van der Waals surface area contributed by atoms with Crippen molar-refractivity contribution in [3.05, 3.63) is 60.2 Å². The molecule has 0 fully saturated rings. The average Bonchev–Trinajstić information content (AvgIpc) is 2.80. The minimum atomic E-state index is 0. The number of rotatable bonds is 15. The van der Waals surface area contributed by atoms with Gasteiger partial charge in [0.1, 0.15) is 0 Å². The van der Waals surface area contributed by atoms with E-state index in [-0.39, 0.29) is 49.6 Å². The van der Waals surface area contributed by atoms with Crippen LogP contribution in [0.1, 0.15) is 44.1 Å². The van der Waals surface area contributed by atoms with Crippen molar-refractivity contribution >= 4 is 71.2 Å². The van der Waals surface area contributed by atoms with E-state index in [0.717, 1.165) is 65.1 Å². The summed E-state index contributed by atoms with van der Waals surface area (Å²) in [5.41, 5.74) is 12.8. The summed E-state index contributed by atoms with van der Waals surface area (Å²) in [6, 6.07) is 20.0. The number of hydrogen-bond acceptors (Lipinski definition) is 4. The lowest BCUT2D eigenvalue weighted by atomic mass is 9.96. The third-order valence-corrected chi connectivity index (χ3v) is 6.08. The number of halogens is 4. The first kappa shape index (κ1) is 36.3. The van der Waals surface area contributed by atoms with E-state index in [1.807, 2.05) is 0 Å². The molecular weight excluding hydrogens is 522 g/mol. The van der Waals surface area contributed by atoms with Crippen LogP contribution < -0.4 is 16.8 Å². The summed E-state index contributed by atoms with van der Waals surface area (Å²) in [4.78, 5) is 2.64. The summed E-state index contributed by atoms with van der Waals surface area (Å²) >= 11 is 0. The van der Waals surface area contributed by atoms with E-state index in [2.05, 4.69) is 64.8 Å². The molecule has 200 valence electrons. The van der Waals surface area contributed by atoms with Crippen molar-refractivity contribution in [2.24, 2.45) is 11.5 Å². The van der Waals surface area contributed by atoms with E-state index in [1.54, 1.807) is 0 Å². The molecule has 0 aliphatic rings. The largest absolute Gasteiger partial charge is 0.330 e. The van der Waals surface area contributed by atoms with Crippen molar-refractivity contribution in [1.82, 2.24) is 10.2 Å². The molecule has 0 saturated heterocycles. The smallest absolute Gasteiger partial charge is 0.0246 e. The molecule has 0 unspecified atom stereocenters. The van der Waals surface area contributed by atoms with Crippen LogP contribution in [0.15, 0.2) is 54.6 Å². The number of benzene rings is 3. The topological polar surface area (TPSA) is 67.3 Å². The first-order chi connectivity index (χ1) is 15.3. The van der Waals surface area contributed by atoms with Crippen molar-refractivity contribution < 1.29 is 0 Å². The average molecular weight is 566 g/mol. The molecule has 5 N–H and O–H groups in total. The van der Waals surface area contributed by atoms with Gasteiger partial charge >= 0.3 is 0 Å². The zero-order valence-corrected chi connectivity index (χ0v) is 23.9. The molecule has 0 bridgehead atoms. The van der Waals surface area contributed by atoms with Crippen LogP contribution in [0.25, 0.3) is 21.5 Å². The van der Waals surface area contributed by atoms with Crippen LogP contribution in [-0.2, 0) is 6.54 Å². The van der Waals surface area contributed by atoms with Gasteiger partial charge in [0.2, 0.25) is 0 Å². The van der Waals surface area contributed by atoms with E-state index in [9.17, 15) is 0 Å². The minimum Gasteiger partial charge on any atom is -0.330 e. The second-order valence-electron chi connectivity index (χ2n) is 8.52. The molecule has 0 aromatic heterocycles. The molecule has 0 saturated carbocycles. The van der Waals surface area contributed by atoms with E-state index in [1.165, 1.54) is 46.4 Å². The molecule has 0 aliphatic heterocycles. The Balaban J connectivity index is 0. The number of fused-ring (bicyclic) bond motifs is 2. The van der Waals surface area contributed by atoms with E-state index in [0.29, 0.717) is 0 Å². The number of unbranched alkanes of at least 4 members (excludes halogenated alkanes) is 3. The van der Waals surface area contributed by atoms with Gasteiger partial charge in [0.25, 0.3) is 0 Å². The van der Waals surface area contributed by atoms with Gasteiger partial charge in [0, 0.05) is 6.54 Å². The zero-order chi connectivity index (χ0) is 21.7. The normalized spacial score (nSPS) is 10.4. The van der Waals surface area contributed by atoms with Crippen molar-refractivity contribution in [2.75, 3.05) is 39.3 Å². The Labute approximate surface area is 236 Å². The molecule has 0 aliphatic carbocycles. The second kappa shape index (κ2) is 21.3. The van der Waals surface area contributed by atoms with Gasteiger partial charge in [-0.2, -0.15) is 0 Å². The lowest BCUT2D eigenvalue weighted by molar-refractivity contribution is 0.256. The van der Waals surface area contributed by atoms with E-state index < -0.39 is 0 Å². The quantitative estimate of drug-likeness (QED) is 0.149. The lowest BCUT2D eigenvalue weighted by Gasteiger charge is -2.24. The van der Waals surface area contributed by atoms with Crippen molar-refractivity contribution in [2.45, 2.75) is 45.1 Å². The van der Waals surface area contributed by atoms with Crippen LogP contribution in [-0.4, -0.2) is 44.2 Å². The second-order valence-corrected chi connectivity index (χ2v) is 8.52. The van der Waals surface area contributed by atoms with Gasteiger partial charge in [0.05, 0.1) is 0 Å². The fraction of sp³-hybridized carbons (Fsp3) is 0.481. The Bertz CT molecular complexity index is 872. The minimum absolute atomic E-state index is 0. The molecule has 0 amide bonds. The van der Waals surface area contributed by atoms with Crippen LogP contribution >= 0.6 is 49.6 Å². The predicted octanol–water partition coefficient (Wildman–Crippen LogP) is 6.33. The molecule has 0 radical (unpaired) electrons. The van der Waals surface area contributed by atoms with Crippen LogP contribution in [0.5, 0.6) is 0 Å². The fourth-order valence-electron chi connectivity index (χ4n) is 4.36. The summed E-state index contributed by atoms with van der Waals surface area (Å²) in [6.07, 6.45) is 6.98. The molecule has 0 spiro atoms. The highest BCUT2D eigenvalue weighted by atomic mass is 35.5. The molecule has 0 atom stereocenters. The summed E-state index contributed by atoms with van der Waals surface area (Å²) in [6.45, 7) is 6.99. The van der Waals surface area contributed by atoms with Crippen LogP contribution in [0.3, 0.4) is 0 Å². The monoisotopic (exact) mass is 564 g/mol. The van der Waals surface area contributed by atoms with Crippen LogP contribution in [0.4, 0.5) is 0 Å². The maximum Gasteiger partial charge on any atom is 0.0246 e. The Morgan fingerprint density at radius 2 is 1.06 bits per heavy atom. The Morgan fingerprint density at radius 1 is 0.600 bits per heavy atom. The van der Waals surface area contributed by atoms with Crippen LogP contribution in [0, 0.1) is 0 Å². The maximum atomic E-state index is 5.77. The molecule has 3 aromatic rings. The fourth-order valence-corrected chi connectivity index (χ4v) is 4.36. The molecule has 3 aromatic carbocycles. The van der Waals surface area contributed by atoms with Gasteiger partial charge in [-0.15, -0.1) is 49.6 Å². The standard InChI is InChI=1S/C27H40N4.4ClH/c28-15-5-7-17-30-18-8-10-20-31(19-9-6-16-29)22-27-25-13-3-1-11-23(25)21-24-12-2-4-14-26(24)27;;;;/h1-4,11-14,21,30H,5-10,15-20,22,28-29H2;4*1H. The number of nitrogens with one attached hydrogen (secondary N) is 1. The Morgan fingerprint density at radius 3 is 1.60 bits per heavy atom. The summed E-state index contributed by atoms with van der Waals surface area (Å²) in [5.74, 6) is 0. The predicted molar refractivity (Wildman–Crippen MR) is 164 cm³/mol. The van der Waals surface area contributed by atoms with Gasteiger partial charge in [-0.3, -0.25) is 4.90 Å². The molecule has 3 rings (SSSR count). The summed E-state index contributed by atoms with van der Waals surface area (Å²) < 4.78 is 0. The van der Waals surface area contributed by atoms with Crippen LogP contribution in [0.2, 0.25) is 0 Å². The Kier molecular flexibility index (Phi) is 22.1. The van der Waals surface area contributed by atoms with Gasteiger partial charge in [-0.25, -0.2) is 0 Å². The first-order valence-electron chi connectivity index (χ1n) is 12.1. The Hall–Kier alpha value is -0.820. The zero-order valence-electron chi connectivity index (χ0n) is 20.6. The van der Waals surface area contributed by atoms with Crippen molar-refractivity contribution in [1.29, 1.82) is 0 Å².